The van der Waals surface area contributed by atoms with Crippen LogP contribution in [0.25, 0.3) is 0 Å². The normalized spacial score (nSPS) is 17.3. The topological polar surface area (TPSA) is 64.8 Å². The zero-order valence-corrected chi connectivity index (χ0v) is 13.3. The molecular formula is C15H23ClN2O3. The largest absolute Gasteiger partial charge is 0.493 e. The summed E-state index contributed by atoms with van der Waals surface area (Å²) in [6.45, 7) is 3.76. The molecule has 0 bridgehead atoms. The lowest BCUT2D eigenvalue weighted by molar-refractivity contribution is 0.0741. The lowest BCUT2D eigenvalue weighted by Crippen LogP contribution is -2.39. The van der Waals surface area contributed by atoms with Crippen molar-refractivity contribution in [2.75, 3.05) is 26.8 Å². The molecule has 0 saturated carbocycles. The fraction of sp³-hybridized carbons (Fsp3) is 0.533. The van der Waals surface area contributed by atoms with E-state index in [1.165, 1.54) is 0 Å². The third-order valence-electron chi connectivity index (χ3n) is 3.62. The molecule has 1 fully saturated rings. The molecule has 5 nitrogen and oxygen atoms in total. The number of halogens is 1. The number of amides is 1. The van der Waals surface area contributed by atoms with Crippen LogP contribution in [-0.4, -0.2) is 43.7 Å². The van der Waals surface area contributed by atoms with Crippen molar-refractivity contribution in [3.63, 3.8) is 0 Å². The molecule has 1 aliphatic heterocycles. The van der Waals surface area contributed by atoms with Crippen LogP contribution in [0, 0.1) is 0 Å². The van der Waals surface area contributed by atoms with E-state index in [0.717, 1.165) is 19.4 Å². The Labute approximate surface area is 131 Å². The molecule has 0 aromatic heterocycles. The van der Waals surface area contributed by atoms with Gasteiger partial charge in [0.25, 0.3) is 5.91 Å². The first-order valence-corrected chi connectivity index (χ1v) is 7.03. The zero-order chi connectivity index (χ0) is 14.5. The molecule has 1 amide bonds. The standard InChI is InChI=1S/C15H22N2O3.ClH/c1-3-20-13-7-6-11(9-14(13)19-2)15(18)17-8-4-5-12(17)10-16;/h6-7,9,12H,3-5,8,10,16H2,1-2H3;1H. The highest BCUT2D eigenvalue weighted by Crippen LogP contribution is 2.29. The number of methoxy groups -OCH3 is 1. The van der Waals surface area contributed by atoms with Gasteiger partial charge in [-0.25, -0.2) is 0 Å². The van der Waals surface area contributed by atoms with Gasteiger partial charge in [-0.1, -0.05) is 0 Å². The van der Waals surface area contributed by atoms with Crippen molar-refractivity contribution in [1.29, 1.82) is 0 Å². The molecule has 0 radical (unpaired) electrons. The summed E-state index contributed by atoms with van der Waals surface area (Å²) in [6, 6.07) is 5.45. The molecule has 1 heterocycles. The van der Waals surface area contributed by atoms with Gasteiger partial charge in [-0.15, -0.1) is 12.4 Å². The molecule has 1 aromatic carbocycles. The Hall–Kier alpha value is -1.46. The molecule has 1 aliphatic rings. The number of hydrogen-bond donors (Lipinski definition) is 1. The molecule has 0 aliphatic carbocycles. The molecule has 2 rings (SSSR count). The van der Waals surface area contributed by atoms with Gasteiger partial charge in [0, 0.05) is 24.7 Å². The summed E-state index contributed by atoms with van der Waals surface area (Å²) >= 11 is 0. The third-order valence-corrected chi connectivity index (χ3v) is 3.62. The summed E-state index contributed by atoms with van der Waals surface area (Å²) in [6.07, 6.45) is 2.00. The van der Waals surface area contributed by atoms with Gasteiger partial charge in [0.15, 0.2) is 11.5 Å². The summed E-state index contributed by atoms with van der Waals surface area (Å²) in [4.78, 5) is 14.4. The van der Waals surface area contributed by atoms with Crippen molar-refractivity contribution in [1.82, 2.24) is 4.90 Å². The lowest BCUT2D eigenvalue weighted by atomic mass is 10.1. The summed E-state index contributed by atoms with van der Waals surface area (Å²) in [7, 11) is 1.57. The molecule has 21 heavy (non-hydrogen) atoms. The van der Waals surface area contributed by atoms with Gasteiger partial charge in [0.2, 0.25) is 0 Å². The molecule has 0 spiro atoms. The second-order valence-corrected chi connectivity index (χ2v) is 4.83. The number of likely N-dealkylation sites (tertiary alicyclic amines) is 1. The highest BCUT2D eigenvalue weighted by molar-refractivity contribution is 5.95. The van der Waals surface area contributed by atoms with Gasteiger partial charge in [-0.3, -0.25) is 4.79 Å². The molecule has 118 valence electrons. The van der Waals surface area contributed by atoms with Gasteiger partial charge in [0.05, 0.1) is 13.7 Å². The van der Waals surface area contributed by atoms with E-state index in [1.54, 1.807) is 25.3 Å². The van der Waals surface area contributed by atoms with Crippen LogP contribution in [0.15, 0.2) is 18.2 Å². The SMILES string of the molecule is CCOc1ccc(C(=O)N2CCCC2CN)cc1OC.Cl. The van der Waals surface area contributed by atoms with E-state index < -0.39 is 0 Å². The quantitative estimate of drug-likeness (QED) is 0.903. The molecule has 1 saturated heterocycles. The van der Waals surface area contributed by atoms with Gasteiger partial charge in [0.1, 0.15) is 0 Å². The number of benzene rings is 1. The average molecular weight is 315 g/mol. The number of hydrogen-bond acceptors (Lipinski definition) is 4. The van der Waals surface area contributed by atoms with Crippen molar-refractivity contribution < 1.29 is 14.3 Å². The number of ether oxygens (including phenoxy) is 2. The molecule has 6 heteroatoms. The summed E-state index contributed by atoms with van der Waals surface area (Å²) < 4.78 is 10.7. The fourth-order valence-corrected chi connectivity index (χ4v) is 2.59. The van der Waals surface area contributed by atoms with Crippen molar-refractivity contribution in [3.05, 3.63) is 23.8 Å². The Morgan fingerprint density at radius 1 is 1.43 bits per heavy atom. The predicted molar refractivity (Wildman–Crippen MR) is 84.5 cm³/mol. The Kier molecular flexibility index (Phi) is 6.78. The number of carbonyl (C=O) groups is 1. The van der Waals surface area contributed by atoms with Crippen LogP contribution in [0.5, 0.6) is 11.5 Å². The maximum Gasteiger partial charge on any atom is 0.254 e. The first-order chi connectivity index (χ1) is 9.71. The first-order valence-electron chi connectivity index (χ1n) is 7.03. The minimum atomic E-state index is 0. The maximum atomic E-state index is 12.5. The fourth-order valence-electron chi connectivity index (χ4n) is 2.59. The molecule has 1 aromatic rings. The van der Waals surface area contributed by atoms with E-state index in [4.69, 9.17) is 15.2 Å². The highest BCUT2D eigenvalue weighted by Gasteiger charge is 2.28. The van der Waals surface area contributed by atoms with E-state index >= 15 is 0 Å². The Morgan fingerprint density at radius 3 is 2.81 bits per heavy atom. The van der Waals surface area contributed by atoms with Gasteiger partial charge >= 0.3 is 0 Å². The summed E-state index contributed by atoms with van der Waals surface area (Å²) in [5, 5.41) is 0. The van der Waals surface area contributed by atoms with E-state index in [2.05, 4.69) is 0 Å². The van der Waals surface area contributed by atoms with Crippen LogP contribution < -0.4 is 15.2 Å². The van der Waals surface area contributed by atoms with Crippen LogP contribution in [0.2, 0.25) is 0 Å². The molecule has 1 atom stereocenters. The van der Waals surface area contributed by atoms with Crippen molar-refractivity contribution in [3.8, 4) is 11.5 Å². The Morgan fingerprint density at radius 2 is 2.19 bits per heavy atom. The van der Waals surface area contributed by atoms with Crippen molar-refractivity contribution in [2.45, 2.75) is 25.8 Å². The zero-order valence-electron chi connectivity index (χ0n) is 12.5. The minimum absolute atomic E-state index is 0. The summed E-state index contributed by atoms with van der Waals surface area (Å²) in [5.74, 6) is 1.25. The third kappa shape index (κ3) is 3.80. The van der Waals surface area contributed by atoms with Gasteiger partial charge in [-0.2, -0.15) is 0 Å². The molecular weight excluding hydrogens is 292 g/mol. The maximum absolute atomic E-state index is 12.5. The lowest BCUT2D eigenvalue weighted by Gasteiger charge is -2.23. The Bertz CT molecular complexity index is 482. The second-order valence-electron chi connectivity index (χ2n) is 4.83. The second kappa shape index (κ2) is 8.10. The van der Waals surface area contributed by atoms with Crippen LogP contribution in [0.3, 0.4) is 0 Å². The monoisotopic (exact) mass is 314 g/mol. The first kappa shape index (κ1) is 17.6. The average Bonchev–Trinajstić information content (AvgIpc) is 2.95. The van der Waals surface area contributed by atoms with Crippen molar-refractivity contribution >= 4 is 18.3 Å². The van der Waals surface area contributed by atoms with E-state index in [-0.39, 0.29) is 24.4 Å². The van der Waals surface area contributed by atoms with Gasteiger partial charge in [-0.05, 0) is 38.0 Å². The summed E-state index contributed by atoms with van der Waals surface area (Å²) in [5.41, 5.74) is 6.34. The van der Waals surface area contributed by atoms with E-state index in [0.29, 0.717) is 30.2 Å². The van der Waals surface area contributed by atoms with Gasteiger partial charge < -0.3 is 20.1 Å². The van der Waals surface area contributed by atoms with Crippen LogP contribution in [-0.2, 0) is 0 Å². The number of nitrogens with two attached hydrogens (primary N) is 1. The van der Waals surface area contributed by atoms with Crippen LogP contribution >= 0.6 is 12.4 Å². The molecule has 1 unspecified atom stereocenters. The highest BCUT2D eigenvalue weighted by atomic mass is 35.5. The Balaban J connectivity index is 0.00000220. The van der Waals surface area contributed by atoms with Crippen molar-refractivity contribution in [2.24, 2.45) is 5.73 Å². The molecule has 2 N–H and O–H groups in total. The minimum Gasteiger partial charge on any atom is -0.493 e. The van der Waals surface area contributed by atoms with Crippen LogP contribution in [0.1, 0.15) is 30.1 Å². The van der Waals surface area contributed by atoms with Crippen LogP contribution in [0.4, 0.5) is 0 Å². The number of rotatable bonds is 5. The number of nitrogens with zero attached hydrogens (tertiary/aromatic N) is 1. The smallest absolute Gasteiger partial charge is 0.254 e. The van der Waals surface area contributed by atoms with E-state index in [9.17, 15) is 4.79 Å². The van der Waals surface area contributed by atoms with E-state index in [1.807, 2.05) is 11.8 Å². The number of carbonyl (C=O) groups excluding carboxylic acids is 1. The predicted octanol–water partition coefficient (Wildman–Crippen LogP) is 2.08.